The van der Waals surface area contributed by atoms with Crippen LogP contribution in [0.1, 0.15) is 26.0 Å². The lowest BCUT2D eigenvalue weighted by Gasteiger charge is -2.01. The summed E-state index contributed by atoms with van der Waals surface area (Å²) < 4.78 is 2.15. The molecule has 94 valence electrons. The predicted octanol–water partition coefficient (Wildman–Crippen LogP) is 3.89. The van der Waals surface area contributed by atoms with Crippen LogP contribution in [0.15, 0.2) is 23.1 Å². The molecular weight excluding hydrogens is 230 g/mol. The van der Waals surface area contributed by atoms with Crippen LogP contribution in [0, 0.1) is 0 Å². The standard InChI is InChI=1S/C13H18N2S.H3N/c1-4-8-15-13-9-10(16-3)6-7-11(13)12(5-2)14-15;/h6-7,9H,4-5,8H2,1-3H3;1H3. The first-order valence-corrected chi connectivity index (χ1v) is 7.06. The van der Waals surface area contributed by atoms with E-state index in [-0.39, 0.29) is 6.15 Å². The van der Waals surface area contributed by atoms with Gasteiger partial charge in [-0.3, -0.25) is 4.68 Å². The molecular formula is C13H21N3S. The van der Waals surface area contributed by atoms with Gasteiger partial charge in [-0.05, 0) is 37.3 Å². The Morgan fingerprint density at radius 2 is 2.06 bits per heavy atom. The maximum atomic E-state index is 4.68. The van der Waals surface area contributed by atoms with Gasteiger partial charge in [0.15, 0.2) is 0 Å². The van der Waals surface area contributed by atoms with Gasteiger partial charge in [-0.15, -0.1) is 11.8 Å². The van der Waals surface area contributed by atoms with Gasteiger partial charge in [-0.1, -0.05) is 13.8 Å². The van der Waals surface area contributed by atoms with Gasteiger partial charge in [0.05, 0.1) is 11.2 Å². The van der Waals surface area contributed by atoms with E-state index >= 15 is 0 Å². The van der Waals surface area contributed by atoms with Crippen LogP contribution in [0.3, 0.4) is 0 Å². The molecule has 3 nitrogen and oxygen atoms in total. The molecule has 0 saturated carbocycles. The summed E-state index contributed by atoms with van der Waals surface area (Å²) in [5.74, 6) is 0. The Bertz CT molecular complexity index is 491. The number of thioether (sulfide) groups is 1. The van der Waals surface area contributed by atoms with Gasteiger partial charge in [0, 0.05) is 16.8 Å². The molecule has 0 spiro atoms. The van der Waals surface area contributed by atoms with Crippen LogP contribution < -0.4 is 6.15 Å². The largest absolute Gasteiger partial charge is 0.344 e. The number of benzene rings is 1. The molecule has 1 heterocycles. The highest BCUT2D eigenvalue weighted by Gasteiger charge is 2.08. The lowest BCUT2D eigenvalue weighted by molar-refractivity contribution is 0.613. The highest BCUT2D eigenvalue weighted by molar-refractivity contribution is 7.98. The first kappa shape index (κ1) is 14.1. The Morgan fingerprint density at radius 1 is 1.29 bits per heavy atom. The van der Waals surface area contributed by atoms with Crippen LogP contribution in [0.25, 0.3) is 10.9 Å². The number of rotatable bonds is 4. The van der Waals surface area contributed by atoms with E-state index in [1.807, 2.05) is 0 Å². The second-order valence-corrected chi connectivity index (χ2v) is 4.79. The van der Waals surface area contributed by atoms with E-state index in [1.54, 1.807) is 11.8 Å². The highest BCUT2D eigenvalue weighted by atomic mass is 32.2. The van der Waals surface area contributed by atoms with Crippen LogP contribution >= 0.6 is 11.8 Å². The summed E-state index contributed by atoms with van der Waals surface area (Å²) >= 11 is 1.79. The van der Waals surface area contributed by atoms with E-state index < -0.39 is 0 Å². The Morgan fingerprint density at radius 3 is 2.65 bits per heavy atom. The third-order valence-corrected chi connectivity index (χ3v) is 3.53. The van der Waals surface area contributed by atoms with Gasteiger partial charge in [0.25, 0.3) is 0 Å². The molecule has 0 fully saturated rings. The molecule has 0 unspecified atom stereocenters. The first-order chi connectivity index (χ1) is 7.80. The van der Waals surface area contributed by atoms with Crippen LogP contribution in [0.5, 0.6) is 0 Å². The van der Waals surface area contributed by atoms with Crippen molar-refractivity contribution in [2.24, 2.45) is 0 Å². The molecule has 3 N–H and O–H groups in total. The van der Waals surface area contributed by atoms with Crippen molar-refractivity contribution in [3.05, 3.63) is 23.9 Å². The van der Waals surface area contributed by atoms with Gasteiger partial charge < -0.3 is 6.15 Å². The fourth-order valence-corrected chi connectivity index (χ4v) is 2.43. The minimum absolute atomic E-state index is 0. The van der Waals surface area contributed by atoms with E-state index in [1.165, 1.54) is 21.5 Å². The summed E-state index contributed by atoms with van der Waals surface area (Å²) in [6.07, 6.45) is 4.25. The van der Waals surface area contributed by atoms with E-state index in [9.17, 15) is 0 Å². The van der Waals surface area contributed by atoms with Crippen molar-refractivity contribution >= 4 is 22.7 Å². The molecule has 0 saturated heterocycles. The normalized spacial score (nSPS) is 10.5. The quantitative estimate of drug-likeness (QED) is 0.839. The molecule has 0 amide bonds. The van der Waals surface area contributed by atoms with Crippen molar-refractivity contribution in [2.75, 3.05) is 6.26 Å². The van der Waals surface area contributed by atoms with Crippen LogP contribution in [-0.4, -0.2) is 16.0 Å². The van der Waals surface area contributed by atoms with Gasteiger partial charge in [-0.2, -0.15) is 5.10 Å². The van der Waals surface area contributed by atoms with Crippen LogP contribution in [-0.2, 0) is 13.0 Å². The van der Waals surface area contributed by atoms with Crippen molar-refractivity contribution in [1.29, 1.82) is 0 Å². The summed E-state index contributed by atoms with van der Waals surface area (Å²) in [6, 6.07) is 6.64. The molecule has 0 bridgehead atoms. The summed E-state index contributed by atoms with van der Waals surface area (Å²) in [5.41, 5.74) is 2.50. The zero-order chi connectivity index (χ0) is 11.5. The molecule has 1 aromatic heterocycles. The molecule has 0 radical (unpaired) electrons. The molecule has 0 aliphatic carbocycles. The Labute approximate surface area is 107 Å². The fraction of sp³-hybridized carbons (Fsp3) is 0.462. The number of aryl methyl sites for hydroxylation is 2. The second kappa shape index (κ2) is 6.07. The lowest BCUT2D eigenvalue weighted by atomic mass is 10.2. The van der Waals surface area contributed by atoms with Gasteiger partial charge in [-0.25, -0.2) is 0 Å². The number of hydrogen-bond donors (Lipinski definition) is 1. The molecule has 2 aromatic rings. The second-order valence-electron chi connectivity index (χ2n) is 3.91. The zero-order valence-corrected chi connectivity index (χ0v) is 11.7. The van der Waals surface area contributed by atoms with Crippen molar-refractivity contribution < 1.29 is 0 Å². The van der Waals surface area contributed by atoms with Crippen LogP contribution in [0.4, 0.5) is 0 Å². The minimum Gasteiger partial charge on any atom is -0.344 e. The molecule has 4 heteroatoms. The topological polar surface area (TPSA) is 52.8 Å². The van der Waals surface area contributed by atoms with E-state index in [2.05, 4.69) is 48.1 Å². The van der Waals surface area contributed by atoms with Crippen molar-refractivity contribution in [3.8, 4) is 0 Å². The molecule has 0 atom stereocenters. The van der Waals surface area contributed by atoms with Gasteiger partial charge in [0.1, 0.15) is 0 Å². The molecule has 17 heavy (non-hydrogen) atoms. The smallest absolute Gasteiger partial charge is 0.0700 e. The average molecular weight is 251 g/mol. The Hall–Kier alpha value is -1.00. The molecule has 0 aliphatic rings. The van der Waals surface area contributed by atoms with Gasteiger partial charge in [0.2, 0.25) is 0 Å². The highest BCUT2D eigenvalue weighted by Crippen LogP contribution is 2.25. The number of hydrogen-bond acceptors (Lipinski definition) is 3. The summed E-state index contributed by atoms with van der Waals surface area (Å²) in [7, 11) is 0. The van der Waals surface area contributed by atoms with Crippen molar-refractivity contribution in [2.45, 2.75) is 38.1 Å². The molecule has 0 aliphatic heterocycles. The molecule has 2 rings (SSSR count). The van der Waals surface area contributed by atoms with E-state index in [0.29, 0.717) is 0 Å². The fourth-order valence-electron chi connectivity index (χ4n) is 1.99. The Kier molecular flexibility index (Phi) is 5.02. The van der Waals surface area contributed by atoms with E-state index in [0.717, 1.165) is 19.4 Å². The Balaban J connectivity index is 0.00000144. The van der Waals surface area contributed by atoms with Crippen molar-refractivity contribution in [1.82, 2.24) is 15.9 Å². The summed E-state index contributed by atoms with van der Waals surface area (Å²) in [6.45, 7) is 5.37. The maximum absolute atomic E-state index is 4.68. The third kappa shape index (κ3) is 2.64. The van der Waals surface area contributed by atoms with Crippen LogP contribution in [0.2, 0.25) is 0 Å². The first-order valence-electron chi connectivity index (χ1n) is 5.83. The third-order valence-electron chi connectivity index (χ3n) is 2.81. The zero-order valence-electron chi connectivity index (χ0n) is 10.9. The predicted molar refractivity (Wildman–Crippen MR) is 76.2 cm³/mol. The maximum Gasteiger partial charge on any atom is 0.0700 e. The number of aromatic nitrogens is 2. The average Bonchev–Trinajstić information content (AvgIpc) is 2.67. The minimum atomic E-state index is 0. The van der Waals surface area contributed by atoms with Crippen molar-refractivity contribution in [3.63, 3.8) is 0 Å². The number of fused-ring (bicyclic) bond motifs is 1. The number of nitrogens with zero attached hydrogens (tertiary/aromatic N) is 2. The lowest BCUT2D eigenvalue weighted by Crippen LogP contribution is -1.99. The van der Waals surface area contributed by atoms with E-state index in [4.69, 9.17) is 0 Å². The summed E-state index contributed by atoms with van der Waals surface area (Å²) in [4.78, 5) is 1.31. The van der Waals surface area contributed by atoms with Gasteiger partial charge >= 0.3 is 0 Å². The molecule has 1 aromatic carbocycles. The summed E-state index contributed by atoms with van der Waals surface area (Å²) in [5, 5.41) is 5.99. The SMILES string of the molecule is CCCn1nc(CC)c2ccc(SC)cc21.N. The monoisotopic (exact) mass is 251 g/mol.